The molecule has 0 spiro atoms. The van der Waals surface area contributed by atoms with Gasteiger partial charge in [0.25, 0.3) is 5.91 Å². The van der Waals surface area contributed by atoms with E-state index in [1.807, 2.05) is 6.92 Å². The Morgan fingerprint density at radius 3 is 2.92 bits per heavy atom. The third-order valence-corrected chi connectivity index (χ3v) is 5.87. The molecule has 1 aromatic carbocycles. The summed E-state index contributed by atoms with van der Waals surface area (Å²) in [4.78, 5) is 12.7. The average Bonchev–Trinajstić information content (AvgIpc) is 3.25. The molecule has 4 rings (SSSR count). The fourth-order valence-corrected chi connectivity index (χ4v) is 4.54. The molecule has 3 atom stereocenters. The first-order chi connectivity index (χ1) is 12.0. The van der Waals surface area contributed by atoms with Crippen LogP contribution in [0.5, 0.6) is 0 Å². The van der Waals surface area contributed by atoms with Crippen LogP contribution in [0.25, 0.3) is 5.69 Å². The van der Waals surface area contributed by atoms with E-state index in [1.165, 1.54) is 6.42 Å². The molecule has 3 unspecified atom stereocenters. The number of carbonyl (C=O) groups excluding carboxylic acids is 1. The van der Waals surface area contributed by atoms with Crippen LogP contribution in [0.4, 0.5) is 0 Å². The van der Waals surface area contributed by atoms with Crippen molar-refractivity contribution < 1.29 is 4.79 Å². The molecule has 132 valence electrons. The smallest absolute Gasteiger partial charge is 0.272 e. The second-order valence-electron chi connectivity index (χ2n) is 6.92. The molecule has 2 fully saturated rings. The van der Waals surface area contributed by atoms with E-state index in [0.29, 0.717) is 33.3 Å². The minimum Gasteiger partial charge on any atom is -0.348 e. The van der Waals surface area contributed by atoms with Crippen LogP contribution < -0.4 is 10.6 Å². The standard InChI is InChI=1S/C18H20Cl2N4O/c1-10-6-16(23-24(10)17-5-3-12(19)7-14(17)20)18(25)22-15-4-2-11-8-21-9-13(11)15/h3,5-7,11,13,15,21H,2,4,8-9H2,1H3,(H,22,25). The van der Waals surface area contributed by atoms with Crippen molar-refractivity contribution in [1.82, 2.24) is 20.4 Å². The highest BCUT2D eigenvalue weighted by molar-refractivity contribution is 6.35. The molecule has 1 aliphatic carbocycles. The third-order valence-electron chi connectivity index (χ3n) is 5.33. The summed E-state index contributed by atoms with van der Waals surface area (Å²) in [5.74, 6) is 1.11. The van der Waals surface area contributed by atoms with Gasteiger partial charge in [0.1, 0.15) is 0 Å². The van der Waals surface area contributed by atoms with Crippen molar-refractivity contribution in [2.45, 2.75) is 25.8 Å². The van der Waals surface area contributed by atoms with Crippen molar-refractivity contribution in [2.75, 3.05) is 13.1 Å². The number of hydrogen-bond donors (Lipinski definition) is 2. The van der Waals surface area contributed by atoms with Gasteiger partial charge in [0.05, 0.1) is 10.7 Å². The van der Waals surface area contributed by atoms with E-state index in [1.54, 1.807) is 28.9 Å². The van der Waals surface area contributed by atoms with Crippen molar-refractivity contribution in [1.29, 1.82) is 0 Å². The van der Waals surface area contributed by atoms with E-state index < -0.39 is 0 Å². The molecule has 2 aliphatic rings. The second-order valence-corrected chi connectivity index (χ2v) is 7.76. The van der Waals surface area contributed by atoms with Crippen LogP contribution in [0.2, 0.25) is 10.0 Å². The van der Waals surface area contributed by atoms with Gasteiger partial charge in [-0.15, -0.1) is 0 Å². The molecule has 1 saturated carbocycles. The molecular weight excluding hydrogens is 359 g/mol. The van der Waals surface area contributed by atoms with Gasteiger partial charge < -0.3 is 10.6 Å². The van der Waals surface area contributed by atoms with E-state index in [4.69, 9.17) is 23.2 Å². The monoisotopic (exact) mass is 378 g/mol. The van der Waals surface area contributed by atoms with Crippen LogP contribution in [0.15, 0.2) is 24.3 Å². The van der Waals surface area contributed by atoms with Crippen LogP contribution in [0.3, 0.4) is 0 Å². The normalized spacial score (nSPS) is 25.2. The first-order valence-electron chi connectivity index (χ1n) is 8.56. The summed E-state index contributed by atoms with van der Waals surface area (Å²) < 4.78 is 1.68. The Morgan fingerprint density at radius 2 is 2.12 bits per heavy atom. The topological polar surface area (TPSA) is 59.0 Å². The van der Waals surface area contributed by atoms with Gasteiger partial charge in [-0.2, -0.15) is 5.10 Å². The molecule has 2 heterocycles. The molecule has 1 saturated heterocycles. The van der Waals surface area contributed by atoms with Crippen LogP contribution >= 0.6 is 23.2 Å². The van der Waals surface area contributed by atoms with Crippen molar-refractivity contribution in [3.05, 3.63) is 45.7 Å². The third kappa shape index (κ3) is 3.16. The largest absolute Gasteiger partial charge is 0.348 e. The molecule has 2 aromatic rings. The molecule has 1 amide bonds. The Balaban J connectivity index is 1.54. The van der Waals surface area contributed by atoms with Gasteiger partial charge in [-0.1, -0.05) is 23.2 Å². The Morgan fingerprint density at radius 1 is 1.28 bits per heavy atom. The number of hydrogen-bond acceptors (Lipinski definition) is 3. The van der Waals surface area contributed by atoms with Crippen LogP contribution in [-0.4, -0.2) is 34.8 Å². The number of halogens is 2. The lowest BCUT2D eigenvalue weighted by Gasteiger charge is -2.18. The number of nitrogens with one attached hydrogen (secondary N) is 2. The van der Waals surface area contributed by atoms with Gasteiger partial charge in [-0.3, -0.25) is 4.79 Å². The molecule has 1 aromatic heterocycles. The number of nitrogens with zero attached hydrogens (tertiary/aromatic N) is 2. The van der Waals surface area contributed by atoms with Crippen LogP contribution in [-0.2, 0) is 0 Å². The Bertz CT molecular complexity index is 819. The summed E-state index contributed by atoms with van der Waals surface area (Å²) in [6.07, 6.45) is 2.22. The average molecular weight is 379 g/mol. The first kappa shape index (κ1) is 16.9. The number of rotatable bonds is 3. The highest BCUT2D eigenvalue weighted by Gasteiger charge is 2.40. The van der Waals surface area contributed by atoms with Gasteiger partial charge in [0.15, 0.2) is 5.69 Å². The predicted octanol–water partition coefficient (Wildman–Crippen LogP) is 3.22. The SMILES string of the molecule is Cc1cc(C(=O)NC2CCC3CNCC32)nn1-c1ccc(Cl)cc1Cl. The lowest BCUT2D eigenvalue weighted by molar-refractivity contribution is 0.0922. The Hall–Kier alpha value is -1.56. The Kier molecular flexibility index (Phi) is 4.48. The van der Waals surface area contributed by atoms with Crippen molar-refractivity contribution >= 4 is 29.1 Å². The fourth-order valence-electron chi connectivity index (χ4n) is 4.05. The van der Waals surface area contributed by atoms with E-state index in [2.05, 4.69) is 15.7 Å². The molecule has 25 heavy (non-hydrogen) atoms. The summed E-state index contributed by atoms with van der Waals surface area (Å²) in [6.45, 7) is 3.96. The number of benzene rings is 1. The molecule has 7 heteroatoms. The quantitative estimate of drug-likeness (QED) is 0.861. The van der Waals surface area contributed by atoms with Gasteiger partial charge in [0, 0.05) is 23.3 Å². The fraction of sp³-hybridized carbons (Fsp3) is 0.444. The molecule has 2 N–H and O–H groups in total. The van der Waals surface area contributed by atoms with E-state index in [-0.39, 0.29) is 11.9 Å². The maximum atomic E-state index is 12.7. The maximum absolute atomic E-state index is 12.7. The molecular formula is C18H20Cl2N4O. The van der Waals surface area contributed by atoms with Gasteiger partial charge >= 0.3 is 0 Å². The first-order valence-corrected chi connectivity index (χ1v) is 9.32. The minimum atomic E-state index is -0.121. The highest BCUT2D eigenvalue weighted by atomic mass is 35.5. The van der Waals surface area contributed by atoms with Crippen molar-refractivity contribution in [3.8, 4) is 5.69 Å². The molecule has 5 nitrogen and oxygen atoms in total. The zero-order valence-corrected chi connectivity index (χ0v) is 15.4. The van der Waals surface area contributed by atoms with Gasteiger partial charge in [-0.05, 0) is 62.4 Å². The van der Waals surface area contributed by atoms with Crippen molar-refractivity contribution in [2.24, 2.45) is 11.8 Å². The zero-order valence-electron chi connectivity index (χ0n) is 13.9. The number of aromatic nitrogens is 2. The van der Waals surface area contributed by atoms with E-state index in [0.717, 1.165) is 25.2 Å². The molecule has 1 aliphatic heterocycles. The van der Waals surface area contributed by atoms with Gasteiger partial charge in [-0.25, -0.2) is 4.68 Å². The Labute approximate surface area is 156 Å². The summed E-state index contributed by atoms with van der Waals surface area (Å²) in [5.41, 5.74) is 1.97. The number of carbonyl (C=O) groups is 1. The number of amides is 1. The van der Waals surface area contributed by atoms with Crippen LogP contribution in [0, 0.1) is 18.8 Å². The zero-order chi connectivity index (χ0) is 17.6. The van der Waals surface area contributed by atoms with Crippen molar-refractivity contribution in [3.63, 3.8) is 0 Å². The summed E-state index contributed by atoms with van der Waals surface area (Å²) >= 11 is 12.2. The van der Waals surface area contributed by atoms with E-state index in [9.17, 15) is 4.79 Å². The summed E-state index contributed by atoms with van der Waals surface area (Å²) in [6, 6.07) is 7.26. The lowest BCUT2D eigenvalue weighted by Crippen LogP contribution is -2.39. The molecule has 0 bridgehead atoms. The van der Waals surface area contributed by atoms with E-state index >= 15 is 0 Å². The predicted molar refractivity (Wildman–Crippen MR) is 98.7 cm³/mol. The number of fused-ring (bicyclic) bond motifs is 1. The lowest BCUT2D eigenvalue weighted by atomic mass is 9.98. The van der Waals surface area contributed by atoms with Gasteiger partial charge in [0.2, 0.25) is 0 Å². The van der Waals surface area contributed by atoms with Crippen LogP contribution in [0.1, 0.15) is 29.0 Å². The second kappa shape index (κ2) is 6.63. The number of aryl methyl sites for hydroxylation is 1. The minimum absolute atomic E-state index is 0.121. The molecule has 0 radical (unpaired) electrons. The highest BCUT2D eigenvalue weighted by Crippen LogP contribution is 2.34. The maximum Gasteiger partial charge on any atom is 0.272 e. The summed E-state index contributed by atoms with van der Waals surface area (Å²) in [7, 11) is 0. The summed E-state index contributed by atoms with van der Waals surface area (Å²) in [5, 5.41) is 12.1.